The maximum Gasteiger partial charge on any atom is -0.0170 e. The van der Waals surface area contributed by atoms with E-state index in [0.29, 0.717) is 0 Å². The van der Waals surface area contributed by atoms with Crippen molar-refractivity contribution in [1.29, 1.82) is 0 Å². The second-order valence-electron chi connectivity index (χ2n) is 2.07. The van der Waals surface area contributed by atoms with Gasteiger partial charge in [-0.15, -0.1) is 0 Å². The second-order valence-corrected chi connectivity index (χ2v) is 7.67. The van der Waals surface area contributed by atoms with Gasteiger partial charge < -0.3 is 0 Å². The van der Waals surface area contributed by atoms with Crippen LogP contribution in [0.3, 0.4) is 0 Å². The predicted octanol–water partition coefficient (Wildman–Crippen LogP) is 2.01. The molecule has 0 N–H and O–H groups in total. The molecule has 0 radical (unpaired) electrons. The van der Waals surface area contributed by atoms with E-state index in [1.165, 1.54) is 12.6 Å². The summed E-state index contributed by atoms with van der Waals surface area (Å²) < 4.78 is 0. The van der Waals surface area contributed by atoms with E-state index in [4.69, 9.17) is 11.8 Å². The van der Waals surface area contributed by atoms with Crippen LogP contribution in [0.5, 0.6) is 0 Å². The molecule has 2 heteroatoms. The lowest BCUT2D eigenvalue weighted by Gasteiger charge is -1.99. The highest BCUT2D eigenvalue weighted by molar-refractivity contribution is 8.15. The lowest BCUT2D eigenvalue weighted by Crippen LogP contribution is -1.71. The monoisotopic (exact) mass is 132 g/mol. The van der Waals surface area contributed by atoms with Gasteiger partial charge in [-0.2, -0.15) is 0 Å². The Hall–Kier alpha value is 0.390. The van der Waals surface area contributed by atoms with Crippen LogP contribution < -0.4 is 0 Å². The summed E-state index contributed by atoms with van der Waals surface area (Å²) >= 11 is 5.23. The van der Waals surface area contributed by atoms with Crippen LogP contribution in [-0.4, -0.2) is 12.8 Å². The van der Waals surface area contributed by atoms with Crippen LogP contribution in [-0.2, 0) is 11.8 Å². The van der Waals surface area contributed by atoms with Crippen molar-refractivity contribution in [3.8, 4) is 0 Å². The van der Waals surface area contributed by atoms with Crippen LogP contribution in [0.4, 0.5) is 0 Å². The largest absolute Gasteiger partial charge is 0.0935 e. The Balaban J connectivity index is 2.77. The van der Waals surface area contributed by atoms with E-state index in [2.05, 4.69) is 18.6 Å². The van der Waals surface area contributed by atoms with E-state index in [-0.39, 0.29) is 0 Å². The molecule has 7 heavy (non-hydrogen) atoms. The second kappa shape index (κ2) is 1.72. The molecule has 0 aliphatic carbocycles. The van der Waals surface area contributed by atoms with E-state index >= 15 is 0 Å². The van der Waals surface area contributed by atoms with Gasteiger partial charge >= 0.3 is 0 Å². The van der Waals surface area contributed by atoms with Gasteiger partial charge in [0, 0.05) is 0 Å². The molecule has 40 valence electrons. The summed E-state index contributed by atoms with van der Waals surface area (Å²) in [5.41, 5.74) is 0. The van der Waals surface area contributed by atoms with Crippen LogP contribution >= 0.6 is 6.04 Å². The lowest BCUT2D eigenvalue weighted by molar-refractivity contribution is 1.27. The minimum Gasteiger partial charge on any atom is -0.0935 e. The van der Waals surface area contributed by atoms with Gasteiger partial charge in [-0.1, -0.05) is 23.7 Å². The van der Waals surface area contributed by atoms with Crippen LogP contribution in [0.25, 0.3) is 0 Å². The summed E-state index contributed by atoms with van der Waals surface area (Å²) in [4.78, 5) is 0. The van der Waals surface area contributed by atoms with Crippen molar-refractivity contribution in [2.75, 3.05) is 12.8 Å². The summed E-state index contributed by atoms with van der Waals surface area (Å²) in [5.74, 6) is 2.22. The van der Waals surface area contributed by atoms with E-state index in [1.54, 1.807) is 0 Å². The van der Waals surface area contributed by atoms with Crippen molar-refractivity contribution in [3.05, 3.63) is 11.9 Å². The summed E-state index contributed by atoms with van der Waals surface area (Å²) in [7, 11) is 0. The molecule has 0 nitrogen and oxygen atoms in total. The Bertz CT molecular complexity index is 137. The standard InChI is InChI=1S/C5H9PS/c1-6(7)4-2-3-5-6/h2,4H,3,5H2,1H3. The SMILES string of the molecule is CP1(=S)C=CCC1. The topological polar surface area (TPSA) is 0 Å². The first-order valence-corrected chi connectivity index (χ1v) is 5.95. The fourth-order valence-electron chi connectivity index (χ4n) is 0.703. The summed E-state index contributed by atoms with van der Waals surface area (Å²) in [5, 5.41) is 0. The fourth-order valence-corrected chi connectivity index (χ4v) is 2.68. The van der Waals surface area contributed by atoms with E-state index in [0.717, 1.165) is 0 Å². The summed E-state index contributed by atoms with van der Waals surface area (Å²) in [6.07, 6.45) is 4.71. The Morgan fingerprint density at radius 3 is 2.57 bits per heavy atom. The third-order valence-electron chi connectivity index (χ3n) is 1.16. The number of allylic oxidation sites excluding steroid dienone is 1. The maximum atomic E-state index is 5.23. The van der Waals surface area contributed by atoms with Crippen molar-refractivity contribution < 1.29 is 0 Å². The molecule has 0 spiro atoms. The Morgan fingerprint density at radius 2 is 2.43 bits per heavy atom. The molecule has 0 fully saturated rings. The molecular formula is C5H9PS. The first kappa shape index (κ1) is 5.53. The van der Waals surface area contributed by atoms with Crippen LogP contribution in [0, 0.1) is 0 Å². The maximum absolute atomic E-state index is 5.23. The lowest BCUT2D eigenvalue weighted by atomic mass is 10.5. The van der Waals surface area contributed by atoms with Gasteiger partial charge in [-0.3, -0.25) is 0 Å². The van der Waals surface area contributed by atoms with Gasteiger partial charge in [-0.25, -0.2) is 0 Å². The van der Waals surface area contributed by atoms with Crippen molar-refractivity contribution >= 4 is 17.8 Å². The van der Waals surface area contributed by atoms with Crippen LogP contribution in [0.2, 0.25) is 0 Å². The van der Waals surface area contributed by atoms with Crippen molar-refractivity contribution in [2.45, 2.75) is 6.42 Å². The highest BCUT2D eigenvalue weighted by atomic mass is 32.4. The Morgan fingerprint density at radius 1 is 1.71 bits per heavy atom. The predicted molar refractivity (Wildman–Crippen MR) is 38.8 cm³/mol. The Labute approximate surface area is 49.6 Å². The highest BCUT2D eigenvalue weighted by Gasteiger charge is 2.07. The minimum atomic E-state index is -0.890. The van der Waals surface area contributed by atoms with Crippen LogP contribution in [0.1, 0.15) is 6.42 Å². The van der Waals surface area contributed by atoms with Gasteiger partial charge in [0.1, 0.15) is 0 Å². The third kappa shape index (κ3) is 1.40. The zero-order valence-corrected chi connectivity index (χ0v) is 6.14. The van der Waals surface area contributed by atoms with Gasteiger partial charge in [0.25, 0.3) is 0 Å². The molecular weight excluding hydrogens is 123 g/mol. The number of hydrogen-bond acceptors (Lipinski definition) is 1. The van der Waals surface area contributed by atoms with Crippen molar-refractivity contribution in [3.63, 3.8) is 0 Å². The average Bonchev–Trinajstić information content (AvgIpc) is 1.84. The molecule has 1 heterocycles. The molecule has 0 aromatic heterocycles. The molecule has 0 aromatic carbocycles. The zero-order chi connectivity index (χ0) is 5.33. The smallest absolute Gasteiger partial charge is 0.0170 e. The van der Waals surface area contributed by atoms with Crippen molar-refractivity contribution in [2.24, 2.45) is 0 Å². The highest BCUT2D eigenvalue weighted by Crippen LogP contribution is 2.47. The van der Waals surface area contributed by atoms with Gasteiger partial charge in [0.05, 0.1) is 0 Å². The summed E-state index contributed by atoms with van der Waals surface area (Å²) in [6.45, 7) is 2.20. The van der Waals surface area contributed by atoms with Gasteiger partial charge in [0.2, 0.25) is 0 Å². The molecule has 0 saturated heterocycles. The van der Waals surface area contributed by atoms with E-state index in [9.17, 15) is 0 Å². The molecule has 0 amide bonds. The van der Waals surface area contributed by atoms with E-state index < -0.39 is 6.04 Å². The molecule has 1 aliphatic heterocycles. The molecule has 0 bridgehead atoms. The minimum absolute atomic E-state index is 0.890. The molecule has 1 aliphatic rings. The van der Waals surface area contributed by atoms with E-state index in [1.807, 2.05) is 0 Å². The number of rotatable bonds is 0. The average molecular weight is 132 g/mol. The molecule has 0 aromatic rings. The Kier molecular flexibility index (Phi) is 1.36. The van der Waals surface area contributed by atoms with Crippen LogP contribution in [0.15, 0.2) is 11.9 Å². The first-order valence-electron chi connectivity index (χ1n) is 2.45. The number of hydrogen-bond donors (Lipinski definition) is 0. The van der Waals surface area contributed by atoms with Gasteiger partial charge in [-0.05, 0) is 25.3 Å². The zero-order valence-electron chi connectivity index (χ0n) is 4.42. The molecule has 1 unspecified atom stereocenters. The molecule has 1 atom stereocenters. The van der Waals surface area contributed by atoms with Gasteiger partial charge in [0.15, 0.2) is 0 Å². The quantitative estimate of drug-likeness (QED) is 0.454. The molecule has 0 saturated carbocycles. The summed E-state index contributed by atoms with van der Waals surface area (Å²) in [6, 6.07) is -0.890. The van der Waals surface area contributed by atoms with Crippen molar-refractivity contribution in [1.82, 2.24) is 0 Å². The molecule has 1 rings (SSSR count). The first-order chi connectivity index (χ1) is 3.21. The normalized spacial score (nSPS) is 39.6. The third-order valence-corrected chi connectivity index (χ3v) is 4.06. The fraction of sp³-hybridized carbons (Fsp3) is 0.600.